The van der Waals surface area contributed by atoms with Gasteiger partial charge in [0.2, 0.25) is 0 Å². The molecule has 2 bridgehead atoms. The van der Waals surface area contributed by atoms with Gasteiger partial charge < -0.3 is 20.4 Å². The first-order chi connectivity index (χ1) is 13.7. The first-order valence-corrected chi connectivity index (χ1v) is 11.3. The van der Waals surface area contributed by atoms with Crippen LogP contribution in [0.2, 0.25) is 0 Å². The Hall–Kier alpha value is -1.50. The summed E-state index contributed by atoms with van der Waals surface area (Å²) in [5.41, 5.74) is 6.37. The number of benzene rings is 1. The van der Waals surface area contributed by atoms with Crippen LogP contribution in [0, 0.1) is 5.92 Å². The molecular weight excluding hydrogens is 384 g/mol. The quantitative estimate of drug-likeness (QED) is 0.521. The van der Waals surface area contributed by atoms with E-state index in [-0.39, 0.29) is 22.6 Å². The maximum absolute atomic E-state index is 12.6. The number of quaternary nitrogens is 1. The van der Waals surface area contributed by atoms with Gasteiger partial charge in [-0.2, -0.15) is 0 Å². The highest BCUT2D eigenvalue weighted by Gasteiger charge is 2.70. The predicted octanol–water partition coefficient (Wildman–Crippen LogP) is 2.32. The number of phenols is 1. The molecule has 6 heteroatoms. The topological polar surface area (TPSA) is 83.5 Å². The largest absolute Gasteiger partial charge is 0.507 e. The molecule has 3 fully saturated rings. The van der Waals surface area contributed by atoms with E-state index in [4.69, 9.17) is 18.0 Å². The predicted molar refractivity (Wildman–Crippen MR) is 115 cm³/mol. The van der Waals surface area contributed by atoms with Gasteiger partial charge in [-0.25, -0.2) is 0 Å². The maximum atomic E-state index is 12.6. The molecule has 4 N–H and O–H groups in total. The van der Waals surface area contributed by atoms with Crippen molar-refractivity contribution in [3.63, 3.8) is 0 Å². The summed E-state index contributed by atoms with van der Waals surface area (Å²) >= 11 is 5.15. The molecule has 156 valence electrons. The number of hydrogen-bond acceptors (Lipinski definition) is 4. The second-order valence-corrected chi connectivity index (χ2v) is 10.7. The highest BCUT2D eigenvalue weighted by Crippen LogP contribution is 2.61. The van der Waals surface area contributed by atoms with Crippen molar-refractivity contribution >= 4 is 23.0 Å². The average molecular weight is 416 g/mol. The Morgan fingerprint density at radius 3 is 2.76 bits per heavy atom. The van der Waals surface area contributed by atoms with E-state index in [0.29, 0.717) is 31.2 Å². The molecule has 0 amide bonds. The number of fused-ring (bicyclic) bond motifs is 1. The van der Waals surface area contributed by atoms with Crippen LogP contribution >= 0.6 is 12.2 Å². The normalized spacial score (nSPS) is 38.7. The van der Waals surface area contributed by atoms with Crippen LogP contribution in [-0.2, 0) is 16.6 Å². The van der Waals surface area contributed by atoms with Crippen LogP contribution in [0.5, 0.6) is 5.75 Å². The van der Waals surface area contributed by atoms with Gasteiger partial charge in [-0.1, -0.05) is 24.7 Å². The molecule has 1 aromatic rings. The number of thiocarbonyl (C=S) groups is 1. The van der Waals surface area contributed by atoms with Crippen molar-refractivity contribution in [2.75, 3.05) is 20.1 Å². The summed E-state index contributed by atoms with van der Waals surface area (Å²) < 4.78 is 0.869. The molecule has 5 nitrogen and oxygen atoms in total. The van der Waals surface area contributed by atoms with Crippen LogP contribution in [0.1, 0.15) is 61.6 Å². The van der Waals surface area contributed by atoms with Crippen molar-refractivity contribution in [3.05, 3.63) is 28.8 Å². The second kappa shape index (κ2) is 6.25. The van der Waals surface area contributed by atoms with E-state index in [9.17, 15) is 15.0 Å². The number of likely N-dealkylation sites (tertiary alicyclic amines) is 1. The number of likely N-dealkylation sites (N-methyl/N-ethyl adjacent to an activating group) is 1. The van der Waals surface area contributed by atoms with Crippen molar-refractivity contribution in [2.24, 2.45) is 11.7 Å². The highest BCUT2D eigenvalue weighted by molar-refractivity contribution is 7.80. The molecule has 0 aromatic heterocycles. The number of aliphatic hydroxyl groups is 1. The zero-order valence-electron chi connectivity index (χ0n) is 17.1. The first kappa shape index (κ1) is 19.5. The fraction of sp³-hybridized carbons (Fsp3) is 0.652. The molecule has 0 radical (unpaired) electrons. The van der Waals surface area contributed by atoms with Crippen molar-refractivity contribution in [3.8, 4) is 5.75 Å². The lowest BCUT2D eigenvalue weighted by atomic mass is 9.48. The summed E-state index contributed by atoms with van der Waals surface area (Å²) in [5, 5.41) is 23.5. The molecule has 1 unspecified atom stereocenters. The third-order valence-corrected chi connectivity index (χ3v) is 9.01. The summed E-state index contributed by atoms with van der Waals surface area (Å²) in [6, 6.07) is 3.86. The van der Waals surface area contributed by atoms with Crippen LogP contribution in [0.4, 0.5) is 0 Å². The Balaban J connectivity index is 1.69. The summed E-state index contributed by atoms with van der Waals surface area (Å²) in [5.74, 6) is 1.00. The minimum atomic E-state index is -0.989. The van der Waals surface area contributed by atoms with Gasteiger partial charge in [0.25, 0.3) is 0 Å². The number of hydrogen-bond donors (Lipinski definition) is 3. The number of carbonyl (C=O) groups excluding carboxylic acids is 1. The van der Waals surface area contributed by atoms with Crippen LogP contribution < -0.4 is 5.73 Å². The van der Waals surface area contributed by atoms with Gasteiger partial charge in [0.1, 0.15) is 28.2 Å². The molecule has 3 aliphatic carbocycles. The Morgan fingerprint density at radius 1 is 1.34 bits per heavy atom. The monoisotopic (exact) mass is 415 g/mol. The highest BCUT2D eigenvalue weighted by atomic mass is 32.1. The average Bonchev–Trinajstić information content (AvgIpc) is 2.62. The van der Waals surface area contributed by atoms with Gasteiger partial charge in [-0.15, -0.1) is 0 Å². The summed E-state index contributed by atoms with van der Waals surface area (Å²) in [4.78, 5) is 12.8. The number of Topliss-reactive ketones (excluding diaryl/α,β-unsaturated/α-hetero) is 1. The molecule has 1 heterocycles. The lowest BCUT2D eigenvalue weighted by molar-refractivity contribution is -0.952. The second-order valence-electron chi connectivity index (χ2n) is 10.2. The van der Waals surface area contributed by atoms with Crippen LogP contribution in [0.25, 0.3) is 0 Å². The van der Waals surface area contributed by atoms with Gasteiger partial charge in [0, 0.05) is 42.6 Å². The zero-order chi connectivity index (χ0) is 20.6. The van der Waals surface area contributed by atoms with Gasteiger partial charge in [0.15, 0.2) is 0 Å². The number of nitrogens with zero attached hydrogens (tertiary/aromatic N) is 1. The van der Waals surface area contributed by atoms with Crippen molar-refractivity contribution in [1.29, 1.82) is 0 Å². The van der Waals surface area contributed by atoms with Crippen LogP contribution in [0.15, 0.2) is 12.1 Å². The van der Waals surface area contributed by atoms with E-state index in [2.05, 4.69) is 7.05 Å². The van der Waals surface area contributed by atoms with E-state index < -0.39 is 11.0 Å². The lowest BCUT2D eigenvalue weighted by Gasteiger charge is -2.65. The van der Waals surface area contributed by atoms with Gasteiger partial charge >= 0.3 is 0 Å². The minimum Gasteiger partial charge on any atom is -0.507 e. The molecular formula is C23H31N2O3S+. The molecule has 1 aliphatic heterocycles. The number of aromatic hydroxyl groups is 1. The Morgan fingerprint density at radius 2 is 2.10 bits per heavy atom. The van der Waals surface area contributed by atoms with Crippen LogP contribution in [0.3, 0.4) is 0 Å². The standard InChI is InChI=1S/C23H30N2O3S/c1-25(13-14-3-2-4-14)10-9-22-12-16(26)7-8-23(22,28)18(25)11-15-5-6-17(21(24)29)20(27)19(15)22/h5-6,14,18,28H,2-4,7-13H2,1H3,(H2-,24,27,29)/p+1/t18-,22-,23-,25?/m1/s1. The van der Waals surface area contributed by atoms with E-state index in [0.717, 1.165) is 41.0 Å². The van der Waals surface area contributed by atoms with Crippen molar-refractivity contribution < 1.29 is 19.5 Å². The molecule has 2 saturated carbocycles. The summed E-state index contributed by atoms with van der Waals surface area (Å²) in [7, 11) is 2.30. The maximum Gasteiger partial charge on any atom is 0.134 e. The Kier molecular flexibility index (Phi) is 4.20. The Labute approximate surface area is 177 Å². The van der Waals surface area contributed by atoms with Crippen molar-refractivity contribution in [2.45, 2.75) is 68.4 Å². The van der Waals surface area contributed by atoms with Gasteiger partial charge in [-0.05, 0) is 30.9 Å². The van der Waals surface area contributed by atoms with Gasteiger partial charge in [-0.3, -0.25) is 4.79 Å². The van der Waals surface area contributed by atoms with E-state index >= 15 is 0 Å². The molecule has 29 heavy (non-hydrogen) atoms. The van der Waals surface area contributed by atoms with E-state index in [1.807, 2.05) is 6.07 Å². The molecule has 5 rings (SSSR count). The zero-order valence-corrected chi connectivity index (χ0v) is 17.9. The minimum absolute atomic E-state index is 0.0486. The van der Waals surface area contributed by atoms with Crippen molar-refractivity contribution in [1.82, 2.24) is 0 Å². The first-order valence-electron chi connectivity index (χ1n) is 10.9. The molecule has 4 aliphatic rings. The summed E-state index contributed by atoms with van der Waals surface area (Å²) in [6.07, 6.45) is 6.51. The molecule has 4 atom stereocenters. The molecule has 0 spiro atoms. The summed E-state index contributed by atoms with van der Waals surface area (Å²) in [6.45, 7) is 2.02. The fourth-order valence-corrected chi connectivity index (χ4v) is 7.27. The number of ketones is 1. The third-order valence-electron chi connectivity index (χ3n) is 8.79. The smallest absolute Gasteiger partial charge is 0.134 e. The number of rotatable bonds is 3. The number of nitrogens with two attached hydrogens (primary N) is 1. The number of piperidine rings is 1. The number of phenolic OH excluding ortho intramolecular Hbond substituents is 1. The number of carbonyl (C=O) groups is 1. The van der Waals surface area contributed by atoms with E-state index in [1.165, 1.54) is 19.3 Å². The lowest BCUT2D eigenvalue weighted by Crippen LogP contribution is -2.78. The van der Waals surface area contributed by atoms with E-state index in [1.54, 1.807) is 6.07 Å². The Bertz CT molecular complexity index is 914. The SMILES string of the molecule is C[N+]1(CC2CCC2)CC[C@]23CC(=O)CC[C@@]2(O)[C@H]1Cc1ccc(C(N)=S)c(O)c13. The molecule has 1 aromatic carbocycles. The third kappa shape index (κ3) is 2.52. The van der Waals surface area contributed by atoms with Crippen LogP contribution in [-0.4, -0.2) is 57.2 Å². The fourth-order valence-electron chi connectivity index (χ4n) is 7.10. The molecule has 1 saturated heterocycles. The van der Waals surface area contributed by atoms with Gasteiger partial charge in [0.05, 0.1) is 25.7 Å².